The molecule has 9 heteroatoms. The van der Waals surface area contributed by atoms with Gasteiger partial charge in [0.1, 0.15) is 16.1 Å². The van der Waals surface area contributed by atoms with Gasteiger partial charge >= 0.3 is 0 Å². The normalized spacial score (nSPS) is 16.7. The molecule has 3 aromatic rings. The first kappa shape index (κ1) is 14.6. The molecular formula is C21H23BrClN5O2. The van der Waals surface area contributed by atoms with Crippen molar-refractivity contribution in [3.63, 3.8) is 0 Å². The molecular weight excluding hydrogens is 470 g/mol. The van der Waals surface area contributed by atoms with Crippen LogP contribution in [0.4, 0.5) is 5.82 Å². The second kappa shape index (κ2) is 9.59. The van der Waals surface area contributed by atoms with Crippen molar-refractivity contribution in [2.45, 2.75) is 32.7 Å². The largest absolute Gasteiger partial charge is 0.394 e. The summed E-state index contributed by atoms with van der Waals surface area (Å²) in [7, 11) is 0. The van der Waals surface area contributed by atoms with Gasteiger partial charge < -0.3 is 20.7 Å². The smallest absolute Gasteiger partial charge is 0.268 e. The zero-order chi connectivity index (χ0) is 27.8. The maximum Gasteiger partial charge on any atom is 0.268 e. The van der Waals surface area contributed by atoms with Crippen molar-refractivity contribution in [3.05, 3.63) is 63.2 Å². The number of nitrogens with zero attached hydrogens (tertiary/aromatic N) is 2. The van der Waals surface area contributed by atoms with Crippen molar-refractivity contribution in [1.29, 1.82) is 0 Å². The van der Waals surface area contributed by atoms with Crippen molar-refractivity contribution in [2.24, 2.45) is 0 Å². The minimum Gasteiger partial charge on any atom is -0.394 e. The molecule has 0 aliphatic heterocycles. The van der Waals surface area contributed by atoms with Gasteiger partial charge in [-0.05, 0) is 65.9 Å². The lowest BCUT2D eigenvalue weighted by Gasteiger charge is -2.16. The van der Waals surface area contributed by atoms with E-state index in [0.717, 1.165) is 5.56 Å². The molecule has 0 fully saturated rings. The fourth-order valence-corrected chi connectivity index (χ4v) is 3.21. The lowest BCUT2D eigenvalue weighted by molar-refractivity contribution is 0.0911. The highest BCUT2D eigenvalue weighted by Crippen LogP contribution is 2.30. The Morgan fingerprint density at radius 2 is 2.17 bits per heavy atom. The maximum atomic E-state index is 12.9. The third-order valence-corrected chi connectivity index (χ3v) is 5.40. The average molecular weight is 500 g/mol. The lowest BCUT2D eigenvalue weighted by atomic mass is 10.1. The quantitative estimate of drug-likeness (QED) is 0.359. The molecule has 1 amide bonds. The number of aliphatic hydroxyl groups is 1. The number of hydrogen-bond donors (Lipinski definition) is 4. The molecule has 3 aromatic heterocycles. The Balaban J connectivity index is 1.86. The number of anilines is 1. The van der Waals surface area contributed by atoms with E-state index in [1.807, 2.05) is 6.92 Å². The molecule has 1 atom stereocenters. The Morgan fingerprint density at radius 3 is 2.87 bits per heavy atom. The van der Waals surface area contributed by atoms with Crippen LogP contribution in [0, 0.1) is 6.92 Å². The van der Waals surface area contributed by atoms with E-state index in [0.29, 0.717) is 21.3 Å². The van der Waals surface area contributed by atoms with Gasteiger partial charge in [-0.25, -0.2) is 9.97 Å². The van der Waals surface area contributed by atoms with E-state index in [4.69, 9.17) is 21.2 Å². The molecule has 3 heterocycles. The summed E-state index contributed by atoms with van der Waals surface area (Å²) in [5.74, 6) is -0.725. The van der Waals surface area contributed by atoms with Crippen molar-refractivity contribution in [1.82, 2.24) is 20.3 Å². The SMILES string of the molecule is [2H]C([2H])([2H])C([2H])(Nc1cc(-c2c[nH]c(C(=O)N[C@H](CO)c3cnc(Br)c(C)c3)c2)c(Cl)cn1)C([2H])([2H])[2H]. The summed E-state index contributed by atoms with van der Waals surface area (Å²) in [6.45, 7) is -4.94. The molecule has 3 rings (SSSR count). The topological polar surface area (TPSA) is 103 Å². The number of carbonyl (C=O) groups excluding carboxylic acids is 1. The number of H-pyrrole nitrogens is 1. The van der Waals surface area contributed by atoms with Gasteiger partial charge in [0.2, 0.25) is 0 Å². The van der Waals surface area contributed by atoms with Crippen molar-refractivity contribution >= 4 is 39.3 Å². The monoisotopic (exact) mass is 498 g/mol. The van der Waals surface area contributed by atoms with Gasteiger partial charge in [-0.1, -0.05) is 11.6 Å². The highest BCUT2D eigenvalue weighted by atomic mass is 79.9. The number of aryl methyl sites for hydroxylation is 1. The van der Waals surface area contributed by atoms with Gasteiger partial charge in [0.15, 0.2) is 0 Å². The minimum atomic E-state index is -3.20. The number of hydrogen-bond acceptors (Lipinski definition) is 5. The molecule has 0 aliphatic rings. The highest BCUT2D eigenvalue weighted by Gasteiger charge is 2.18. The summed E-state index contributed by atoms with van der Waals surface area (Å²) in [5, 5.41) is 14.9. The standard InChI is InChI=1S/C21H23BrClN5O2/c1-11(2)27-19-6-15(16(23)9-25-19)13-5-17(24-7-13)21(30)28-18(10-29)14-4-12(3)20(22)26-8-14/h4-9,11,18,24,29H,10H2,1-3H3,(H,25,27)(H,28,30)/t18-/m1/s1/i1D3,2D3,11D. The van der Waals surface area contributed by atoms with E-state index in [9.17, 15) is 9.90 Å². The van der Waals surface area contributed by atoms with Crippen molar-refractivity contribution in [2.75, 3.05) is 11.9 Å². The zero-order valence-electron chi connectivity index (χ0n) is 22.8. The molecule has 0 spiro atoms. The van der Waals surface area contributed by atoms with Crippen LogP contribution in [-0.4, -0.2) is 38.6 Å². The molecule has 0 aromatic carbocycles. The Labute approximate surface area is 198 Å². The number of nitrogens with one attached hydrogen (secondary N) is 3. The molecule has 30 heavy (non-hydrogen) atoms. The van der Waals surface area contributed by atoms with Crippen LogP contribution < -0.4 is 10.6 Å². The minimum absolute atomic E-state index is 0.137. The number of aromatic amines is 1. The Bertz CT molecular complexity index is 1290. The van der Waals surface area contributed by atoms with E-state index < -0.39 is 31.7 Å². The van der Waals surface area contributed by atoms with Gasteiger partial charge in [0, 0.05) is 44.0 Å². The predicted octanol–water partition coefficient (Wildman–Crippen LogP) is 4.48. The van der Waals surface area contributed by atoms with E-state index in [-0.39, 0.29) is 23.1 Å². The van der Waals surface area contributed by atoms with Crippen LogP contribution in [0.2, 0.25) is 5.02 Å². The molecule has 4 N–H and O–H groups in total. The second-order valence-corrected chi connectivity index (χ2v) is 7.59. The number of amides is 1. The number of pyridine rings is 2. The summed E-state index contributed by atoms with van der Waals surface area (Å²) in [4.78, 5) is 23.8. The van der Waals surface area contributed by atoms with Crippen LogP contribution in [0.3, 0.4) is 0 Å². The van der Waals surface area contributed by atoms with Crippen LogP contribution in [0.1, 0.15) is 51.0 Å². The van der Waals surface area contributed by atoms with E-state index in [2.05, 4.69) is 41.5 Å². The van der Waals surface area contributed by atoms with Gasteiger partial charge in [-0.15, -0.1) is 0 Å². The molecule has 0 saturated carbocycles. The van der Waals surface area contributed by atoms with Gasteiger partial charge in [-0.3, -0.25) is 4.79 Å². The summed E-state index contributed by atoms with van der Waals surface area (Å²) in [6.07, 6.45) is 4.19. The Morgan fingerprint density at radius 1 is 1.37 bits per heavy atom. The van der Waals surface area contributed by atoms with Crippen LogP contribution in [0.25, 0.3) is 11.1 Å². The second-order valence-electron chi connectivity index (χ2n) is 6.44. The molecule has 0 aliphatic carbocycles. The van der Waals surface area contributed by atoms with Crippen LogP contribution in [0.15, 0.2) is 41.4 Å². The van der Waals surface area contributed by atoms with Crippen LogP contribution in [0.5, 0.6) is 0 Å². The van der Waals surface area contributed by atoms with Crippen molar-refractivity contribution in [3.8, 4) is 11.1 Å². The zero-order valence-corrected chi connectivity index (χ0v) is 18.1. The summed E-state index contributed by atoms with van der Waals surface area (Å²) in [5.41, 5.74) is 2.30. The fourth-order valence-electron chi connectivity index (χ4n) is 2.78. The van der Waals surface area contributed by atoms with Gasteiger partial charge in [0.05, 0.1) is 19.0 Å². The predicted molar refractivity (Wildman–Crippen MR) is 122 cm³/mol. The molecule has 0 unspecified atom stereocenters. The highest BCUT2D eigenvalue weighted by molar-refractivity contribution is 9.10. The van der Waals surface area contributed by atoms with E-state index in [1.165, 1.54) is 30.7 Å². The third-order valence-electron chi connectivity index (χ3n) is 4.27. The van der Waals surface area contributed by atoms with E-state index in [1.54, 1.807) is 6.07 Å². The molecule has 7 nitrogen and oxygen atoms in total. The first-order valence-electron chi connectivity index (χ1n) is 12.2. The molecule has 0 radical (unpaired) electrons. The first-order valence-corrected chi connectivity index (χ1v) is 9.91. The first-order chi connectivity index (χ1) is 17.1. The number of aromatic nitrogens is 3. The van der Waals surface area contributed by atoms with Crippen LogP contribution >= 0.6 is 27.5 Å². The van der Waals surface area contributed by atoms with Crippen LogP contribution in [-0.2, 0) is 0 Å². The molecule has 158 valence electrons. The summed E-state index contributed by atoms with van der Waals surface area (Å²) >= 11 is 9.57. The Hall–Kier alpha value is -2.42. The van der Waals surface area contributed by atoms with Gasteiger partial charge in [0.25, 0.3) is 5.91 Å². The Kier molecular flexibility index (Phi) is 4.66. The number of aliphatic hydroxyl groups excluding tert-OH is 1. The average Bonchev–Trinajstić information content (AvgIpc) is 3.29. The van der Waals surface area contributed by atoms with Gasteiger partial charge in [-0.2, -0.15) is 0 Å². The molecule has 0 saturated heterocycles. The fraction of sp³-hybridized carbons (Fsp3) is 0.286. The van der Waals surface area contributed by atoms with E-state index >= 15 is 0 Å². The third kappa shape index (κ3) is 5.19. The molecule has 0 bridgehead atoms. The summed E-state index contributed by atoms with van der Waals surface area (Å²) < 4.78 is 54.1. The summed E-state index contributed by atoms with van der Waals surface area (Å²) in [6, 6.07) is 0.807. The number of halogens is 2. The van der Waals surface area contributed by atoms with Crippen molar-refractivity contribution < 1.29 is 19.5 Å². The number of rotatable bonds is 7. The maximum absolute atomic E-state index is 12.9. The lowest BCUT2D eigenvalue weighted by Crippen LogP contribution is -2.31. The number of carbonyl (C=O) groups is 1.